The van der Waals surface area contributed by atoms with Crippen LogP contribution in [-0.2, 0) is 106 Å². The van der Waals surface area contributed by atoms with E-state index in [9.17, 15) is 48.6 Å². The SMILES string of the molecule is CC(C)C[C@@H]1NC(=O)[C@@H](Cc2ccccc2)NC(=O)[C@H](CCNC(=O)OCc2ccccc2)NC(=O)[C@@H](NC(=O)[C@H](CCNC(=O)OCc2ccccc2)NC(=O)[C@@H](NC(=O)OCc2ccccc2)[C@@H](C)O)CCNC(=O)[C@H]([C@@H](C)O)NC(=O)[C@H](CCCCNC(=O)OCc2ccccc2)NC(=O)[C@H](CCCCNC(=O)OCc2ccccc2)NC1=O. The molecule has 35 nitrogen and oxygen atoms in total. The Hall–Kier alpha value is -13.2. The summed E-state index contributed by atoms with van der Waals surface area (Å²) in [5.74, 6) is -9.81. The van der Waals surface area contributed by atoms with Crippen molar-refractivity contribution in [2.75, 3.05) is 32.7 Å². The third-order valence-corrected chi connectivity index (χ3v) is 19.1. The molecule has 0 bridgehead atoms. The molecule has 1 aliphatic heterocycles. The van der Waals surface area contributed by atoms with Crippen molar-refractivity contribution in [1.82, 2.24) is 74.4 Å². The molecule has 0 unspecified atom stereocenters. The Balaban J connectivity index is 1.25. The molecule has 1 aliphatic rings. The van der Waals surface area contributed by atoms with Crippen LogP contribution in [0.1, 0.15) is 125 Å². The smallest absolute Gasteiger partial charge is 0.408 e. The zero-order chi connectivity index (χ0) is 88.0. The summed E-state index contributed by atoms with van der Waals surface area (Å²) < 4.78 is 26.9. The first-order chi connectivity index (χ1) is 58.8. The third kappa shape index (κ3) is 36.2. The van der Waals surface area contributed by atoms with Gasteiger partial charge in [-0.25, -0.2) is 24.0 Å². The van der Waals surface area contributed by atoms with Gasteiger partial charge in [0.15, 0.2) is 0 Å². The second-order valence-corrected chi connectivity index (χ2v) is 29.5. The van der Waals surface area contributed by atoms with Crippen LogP contribution in [0.25, 0.3) is 0 Å². The van der Waals surface area contributed by atoms with E-state index in [-0.39, 0.29) is 103 Å². The third-order valence-electron chi connectivity index (χ3n) is 19.1. The lowest BCUT2D eigenvalue weighted by molar-refractivity contribution is -0.136. The fourth-order valence-corrected chi connectivity index (χ4v) is 12.5. The molecule has 1 fully saturated rings. The molecule has 7 rings (SSSR count). The Morgan fingerprint density at radius 3 is 1.15 bits per heavy atom. The molecule has 14 amide bonds. The van der Waals surface area contributed by atoms with Gasteiger partial charge in [-0.2, -0.15) is 0 Å². The maximum absolute atomic E-state index is 15.4. The number of benzene rings is 6. The highest BCUT2D eigenvalue weighted by molar-refractivity contribution is 5.99. The first kappa shape index (κ1) is 96.0. The summed E-state index contributed by atoms with van der Waals surface area (Å²) in [6.45, 7) is 3.83. The fourth-order valence-electron chi connectivity index (χ4n) is 12.5. The number of aliphatic hydroxyl groups excluding tert-OH is 2. The lowest BCUT2D eigenvalue weighted by Crippen LogP contribution is -2.61. The van der Waals surface area contributed by atoms with Crippen LogP contribution >= 0.6 is 0 Å². The number of carbonyl (C=O) groups is 14. The Morgan fingerprint density at radius 1 is 0.377 bits per heavy atom. The van der Waals surface area contributed by atoms with Crippen molar-refractivity contribution in [1.29, 1.82) is 0 Å². The fraction of sp³-hybridized carbons (Fsp3) is 0.425. The van der Waals surface area contributed by atoms with Crippen LogP contribution in [0.2, 0.25) is 0 Å². The Morgan fingerprint density at radius 2 is 0.730 bits per heavy atom. The largest absolute Gasteiger partial charge is 0.445 e. The molecule has 6 aromatic rings. The van der Waals surface area contributed by atoms with E-state index >= 15 is 28.8 Å². The predicted octanol–water partition coefficient (Wildman–Crippen LogP) is 4.56. The van der Waals surface area contributed by atoms with Gasteiger partial charge < -0.3 is 108 Å². The van der Waals surface area contributed by atoms with Gasteiger partial charge in [-0.3, -0.25) is 43.2 Å². The first-order valence-corrected chi connectivity index (χ1v) is 40.6. The lowest BCUT2D eigenvalue weighted by Gasteiger charge is -2.29. The Kier molecular flexibility index (Phi) is 41.4. The van der Waals surface area contributed by atoms with Crippen molar-refractivity contribution in [2.45, 2.75) is 198 Å². The summed E-state index contributed by atoms with van der Waals surface area (Å²) >= 11 is 0. The van der Waals surface area contributed by atoms with Gasteiger partial charge >= 0.3 is 30.5 Å². The highest BCUT2D eigenvalue weighted by Gasteiger charge is 2.38. The van der Waals surface area contributed by atoms with Crippen molar-refractivity contribution in [3.8, 4) is 0 Å². The summed E-state index contributed by atoms with van der Waals surface area (Å²) in [7, 11) is 0. The number of alkyl carbamates (subject to hydrolysis) is 5. The first-order valence-electron chi connectivity index (χ1n) is 40.6. The molecule has 11 atom stereocenters. The molecule has 0 aliphatic carbocycles. The predicted molar refractivity (Wildman–Crippen MR) is 445 cm³/mol. The van der Waals surface area contributed by atoms with E-state index in [1.54, 1.807) is 190 Å². The molecule has 1 heterocycles. The van der Waals surface area contributed by atoms with E-state index < -0.39 is 189 Å². The summed E-state index contributed by atoms with van der Waals surface area (Å²) in [5.41, 5.74) is 3.79. The average molecular weight is 1690 g/mol. The van der Waals surface area contributed by atoms with E-state index in [1.165, 1.54) is 13.8 Å². The summed E-state index contributed by atoms with van der Waals surface area (Å²) in [4.78, 5) is 201. The molecule has 122 heavy (non-hydrogen) atoms. The van der Waals surface area contributed by atoms with Gasteiger partial charge in [0.25, 0.3) is 0 Å². The van der Waals surface area contributed by atoms with Gasteiger partial charge in [-0.1, -0.05) is 196 Å². The highest BCUT2D eigenvalue weighted by Crippen LogP contribution is 2.16. The van der Waals surface area contributed by atoms with Gasteiger partial charge in [0.1, 0.15) is 87.4 Å². The second-order valence-electron chi connectivity index (χ2n) is 29.5. The zero-order valence-electron chi connectivity index (χ0n) is 68.7. The molecule has 656 valence electrons. The number of nitrogens with one attached hydrogen (secondary N) is 14. The quantitative estimate of drug-likeness (QED) is 0.0188. The standard InChI is InChI=1S/C87H112N14O21/c1-56(2)49-70-79(109)94-65(39-23-25-44-89-83(113)118-51-60-29-13-6-14-30-60)74(104)93-66(40-24-26-45-90-84(114)119-52-61-31-15-7-16-32-61)78(108)100-72(57(3)102)81(111)88-46-41-67(75(105)96-68(42-47-91-85(115)120-53-62-33-17-8-18-34-62)77(107)99-71(80(110)98-70)50-59-27-11-5-12-28-59)95-76(106)69(43-48-92-86(116)121-54-63-35-19-9-20-36-63)97-82(112)73(58(4)103)101-87(117)122-55-64-37-21-10-22-38-64/h5-22,27-38,56-58,65-73,102-103H,23-26,39-55H2,1-4H3,(H,88,111)(H,89,113)(H,90,114)(H,91,115)(H,92,116)(H,93,104)(H,94,109)(H,95,106)(H,96,105)(H,97,112)(H,98,110)(H,99,107)(H,100,108)(H,101,117)/t57-,58-,65+,66+,67+,68+,69+,70+,71-,72+,73+/m1/s1. The summed E-state index contributed by atoms with van der Waals surface area (Å²) in [6.07, 6.45) is -9.51. The van der Waals surface area contributed by atoms with Crippen LogP contribution in [-0.4, -0.2) is 193 Å². The van der Waals surface area contributed by atoms with Crippen LogP contribution in [0, 0.1) is 5.92 Å². The van der Waals surface area contributed by atoms with Gasteiger partial charge in [-0.05, 0) is 117 Å². The van der Waals surface area contributed by atoms with Gasteiger partial charge in [0.2, 0.25) is 53.2 Å². The van der Waals surface area contributed by atoms with Crippen LogP contribution < -0.4 is 74.4 Å². The normalized spacial score (nSPS) is 18.5. The number of rotatable bonds is 37. The summed E-state index contributed by atoms with van der Waals surface area (Å²) in [5, 5.41) is 58.7. The molecule has 0 saturated carbocycles. The number of carbonyl (C=O) groups excluding carboxylic acids is 14. The second kappa shape index (κ2) is 52.7. The van der Waals surface area contributed by atoms with E-state index in [1.807, 2.05) is 6.07 Å². The number of hydrogen-bond donors (Lipinski definition) is 16. The molecular formula is C87H112N14O21. The van der Waals surface area contributed by atoms with Gasteiger partial charge in [-0.15, -0.1) is 0 Å². The maximum Gasteiger partial charge on any atom is 0.408 e. The zero-order valence-corrected chi connectivity index (χ0v) is 68.7. The van der Waals surface area contributed by atoms with Crippen molar-refractivity contribution in [3.05, 3.63) is 215 Å². The minimum Gasteiger partial charge on any atom is -0.445 e. The molecular weight excluding hydrogens is 1580 g/mol. The average Bonchev–Trinajstić information content (AvgIpc) is 1.13. The number of amides is 14. The van der Waals surface area contributed by atoms with Crippen LogP contribution in [0.15, 0.2) is 182 Å². The molecule has 16 N–H and O–H groups in total. The topological polar surface area (TPSA) is 494 Å². The molecule has 1 saturated heterocycles. The lowest BCUT2D eigenvalue weighted by atomic mass is 9.99. The van der Waals surface area contributed by atoms with Crippen molar-refractivity contribution in [2.24, 2.45) is 5.92 Å². The van der Waals surface area contributed by atoms with Crippen molar-refractivity contribution in [3.63, 3.8) is 0 Å². The van der Waals surface area contributed by atoms with E-state index in [2.05, 4.69) is 74.4 Å². The molecule has 0 aromatic heterocycles. The van der Waals surface area contributed by atoms with Gasteiger partial charge in [0, 0.05) is 39.1 Å². The summed E-state index contributed by atoms with van der Waals surface area (Å²) in [6, 6.07) is 36.8. The molecule has 6 aromatic carbocycles. The van der Waals surface area contributed by atoms with Crippen LogP contribution in [0.5, 0.6) is 0 Å². The van der Waals surface area contributed by atoms with E-state index in [4.69, 9.17) is 23.7 Å². The van der Waals surface area contributed by atoms with Crippen LogP contribution in [0.3, 0.4) is 0 Å². The maximum atomic E-state index is 15.4. The Bertz CT molecular complexity index is 4310. The van der Waals surface area contributed by atoms with Gasteiger partial charge in [0.05, 0.1) is 12.2 Å². The Labute approximate surface area is 707 Å². The molecule has 35 heteroatoms. The van der Waals surface area contributed by atoms with Crippen LogP contribution in [0.4, 0.5) is 24.0 Å². The number of hydrogen-bond acceptors (Lipinski definition) is 21. The molecule has 0 radical (unpaired) electrons. The number of aliphatic hydroxyl groups is 2. The molecule has 0 spiro atoms. The van der Waals surface area contributed by atoms with Crippen molar-refractivity contribution < 1.29 is 101 Å². The minimum atomic E-state index is -1.89. The van der Waals surface area contributed by atoms with Crippen molar-refractivity contribution >= 4 is 83.6 Å². The monoisotopic (exact) mass is 1690 g/mol. The number of ether oxygens (including phenoxy) is 5. The number of unbranched alkanes of at least 4 members (excludes halogenated alkanes) is 2. The highest BCUT2D eigenvalue weighted by atomic mass is 16.6. The minimum absolute atomic E-state index is 0.0179. The van der Waals surface area contributed by atoms with E-state index in [0.717, 1.165) is 11.1 Å². The van der Waals surface area contributed by atoms with E-state index in [0.29, 0.717) is 22.3 Å².